The Labute approximate surface area is 150 Å². The lowest BCUT2D eigenvalue weighted by Gasteiger charge is -2.15. The van der Waals surface area contributed by atoms with Gasteiger partial charge in [-0.05, 0) is 23.1 Å². The largest absolute Gasteiger partial charge is 0.305 e. The van der Waals surface area contributed by atoms with Crippen molar-refractivity contribution in [2.24, 2.45) is 0 Å². The van der Waals surface area contributed by atoms with Crippen molar-refractivity contribution in [2.45, 2.75) is 19.6 Å². The standard InChI is InChI=1S/C19H18N4OS/c24-18(9-8-15-7-4-10-25-15)20-19-16-12-23(13-17(16)21-22-19)11-14-5-2-1-3-6-14/h1-10H,11-13H2,(H2,20,21,22,24). The predicted molar refractivity (Wildman–Crippen MR) is 100.0 cm³/mol. The van der Waals surface area contributed by atoms with Crippen molar-refractivity contribution in [2.75, 3.05) is 5.32 Å². The molecular weight excluding hydrogens is 332 g/mol. The summed E-state index contributed by atoms with van der Waals surface area (Å²) in [6.07, 6.45) is 3.36. The fourth-order valence-electron chi connectivity index (χ4n) is 2.96. The molecule has 0 spiro atoms. The van der Waals surface area contributed by atoms with Gasteiger partial charge in [-0.1, -0.05) is 36.4 Å². The van der Waals surface area contributed by atoms with E-state index in [1.54, 1.807) is 17.4 Å². The number of aromatic nitrogens is 2. The number of carbonyl (C=O) groups excluding carboxylic acids is 1. The van der Waals surface area contributed by atoms with Crippen molar-refractivity contribution in [3.63, 3.8) is 0 Å². The summed E-state index contributed by atoms with van der Waals surface area (Å²) in [5.41, 5.74) is 3.44. The first-order chi connectivity index (χ1) is 12.3. The van der Waals surface area contributed by atoms with Crippen LogP contribution in [0.2, 0.25) is 0 Å². The van der Waals surface area contributed by atoms with Crippen LogP contribution >= 0.6 is 11.3 Å². The highest BCUT2D eigenvalue weighted by atomic mass is 32.1. The number of aromatic amines is 1. The highest BCUT2D eigenvalue weighted by Crippen LogP contribution is 2.28. The normalized spacial score (nSPS) is 14.1. The van der Waals surface area contributed by atoms with Crippen molar-refractivity contribution < 1.29 is 4.79 Å². The molecule has 0 saturated heterocycles. The van der Waals surface area contributed by atoms with Gasteiger partial charge in [0, 0.05) is 36.2 Å². The molecule has 2 N–H and O–H groups in total. The average Bonchev–Trinajstić information content (AvgIpc) is 3.33. The van der Waals surface area contributed by atoms with E-state index in [9.17, 15) is 4.79 Å². The van der Waals surface area contributed by atoms with Crippen LogP contribution in [0, 0.1) is 0 Å². The number of anilines is 1. The Morgan fingerprint density at radius 1 is 1.24 bits per heavy atom. The molecule has 25 heavy (non-hydrogen) atoms. The molecule has 4 rings (SSSR count). The summed E-state index contributed by atoms with van der Waals surface area (Å²) in [7, 11) is 0. The molecule has 126 valence electrons. The molecule has 1 aliphatic heterocycles. The average molecular weight is 350 g/mol. The molecule has 6 heteroatoms. The van der Waals surface area contributed by atoms with Gasteiger partial charge in [-0.2, -0.15) is 5.10 Å². The highest BCUT2D eigenvalue weighted by Gasteiger charge is 2.25. The monoisotopic (exact) mass is 350 g/mol. The molecule has 0 unspecified atom stereocenters. The van der Waals surface area contributed by atoms with Gasteiger partial charge in [0.25, 0.3) is 0 Å². The van der Waals surface area contributed by atoms with Gasteiger partial charge in [0.2, 0.25) is 5.91 Å². The number of nitrogens with one attached hydrogen (secondary N) is 2. The molecule has 1 aliphatic rings. The Bertz CT molecular complexity index is 884. The molecule has 1 amide bonds. The van der Waals surface area contributed by atoms with E-state index in [2.05, 4.69) is 44.7 Å². The number of amides is 1. The number of rotatable bonds is 5. The zero-order valence-corrected chi connectivity index (χ0v) is 14.4. The molecule has 0 fully saturated rings. The summed E-state index contributed by atoms with van der Waals surface area (Å²) >= 11 is 1.60. The number of hydrogen-bond donors (Lipinski definition) is 2. The highest BCUT2D eigenvalue weighted by molar-refractivity contribution is 7.10. The van der Waals surface area contributed by atoms with E-state index in [-0.39, 0.29) is 5.91 Å². The van der Waals surface area contributed by atoms with E-state index in [1.807, 2.05) is 29.7 Å². The third-order valence-corrected chi connectivity index (χ3v) is 4.99. The second-order valence-corrected chi connectivity index (χ2v) is 6.98. The van der Waals surface area contributed by atoms with Gasteiger partial charge in [0.1, 0.15) is 0 Å². The first kappa shape index (κ1) is 15.8. The van der Waals surface area contributed by atoms with Crippen molar-refractivity contribution in [3.05, 3.63) is 75.6 Å². The minimum atomic E-state index is -0.163. The Hall–Kier alpha value is -2.70. The number of H-pyrrole nitrogens is 1. The van der Waals surface area contributed by atoms with Gasteiger partial charge in [0.15, 0.2) is 5.82 Å². The van der Waals surface area contributed by atoms with Crippen LogP contribution in [0.15, 0.2) is 53.9 Å². The molecule has 0 aliphatic carbocycles. The van der Waals surface area contributed by atoms with Crippen LogP contribution < -0.4 is 5.32 Å². The number of carbonyl (C=O) groups is 1. The first-order valence-corrected chi connectivity index (χ1v) is 9.01. The lowest BCUT2D eigenvalue weighted by Crippen LogP contribution is -2.17. The maximum Gasteiger partial charge on any atom is 0.249 e. The third kappa shape index (κ3) is 3.70. The van der Waals surface area contributed by atoms with E-state index < -0.39 is 0 Å². The SMILES string of the molecule is O=C(C=Cc1cccs1)Nc1n[nH]c2c1CN(Cc1ccccc1)C2. The zero-order valence-electron chi connectivity index (χ0n) is 13.6. The molecule has 0 bridgehead atoms. The quantitative estimate of drug-likeness (QED) is 0.691. The van der Waals surface area contributed by atoms with E-state index in [1.165, 1.54) is 5.56 Å². The number of fused-ring (bicyclic) bond motifs is 1. The number of thiophene rings is 1. The minimum absolute atomic E-state index is 0.163. The topological polar surface area (TPSA) is 61.0 Å². The van der Waals surface area contributed by atoms with Gasteiger partial charge in [-0.3, -0.25) is 14.8 Å². The summed E-state index contributed by atoms with van der Waals surface area (Å²) in [5.74, 6) is 0.468. The summed E-state index contributed by atoms with van der Waals surface area (Å²) in [5, 5.41) is 12.2. The van der Waals surface area contributed by atoms with Crippen LogP contribution in [0.1, 0.15) is 21.7 Å². The number of hydrogen-bond acceptors (Lipinski definition) is 4. The molecule has 0 radical (unpaired) electrons. The van der Waals surface area contributed by atoms with Crippen molar-refractivity contribution >= 4 is 29.1 Å². The second kappa shape index (κ2) is 7.04. The molecular formula is C19H18N4OS. The Balaban J connectivity index is 1.39. The van der Waals surface area contributed by atoms with Crippen LogP contribution in [-0.4, -0.2) is 21.0 Å². The maximum absolute atomic E-state index is 12.1. The van der Waals surface area contributed by atoms with E-state index >= 15 is 0 Å². The molecule has 3 aromatic rings. The Morgan fingerprint density at radius 3 is 2.92 bits per heavy atom. The fourth-order valence-corrected chi connectivity index (χ4v) is 3.58. The molecule has 0 atom stereocenters. The van der Waals surface area contributed by atoms with Gasteiger partial charge < -0.3 is 5.32 Å². The molecule has 1 aromatic carbocycles. The fraction of sp³-hybridized carbons (Fsp3) is 0.158. The molecule has 0 saturated carbocycles. The van der Waals surface area contributed by atoms with Crippen LogP contribution in [-0.2, 0) is 24.4 Å². The number of nitrogens with zero attached hydrogens (tertiary/aromatic N) is 2. The van der Waals surface area contributed by atoms with Crippen molar-refractivity contribution in [1.29, 1.82) is 0 Å². The third-order valence-electron chi connectivity index (χ3n) is 4.15. The van der Waals surface area contributed by atoms with Crippen molar-refractivity contribution in [3.8, 4) is 0 Å². The van der Waals surface area contributed by atoms with Crippen LogP contribution in [0.25, 0.3) is 6.08 Å². The first-order valence-electron chi connectivity index (χ1n) is 8.13. The van der Waals surface area contributed by atoms with Crippen molar-refractivity contribution in [1.82, 2.24) is 15.1 Å². The second-order valence-electron chi connectivity index (χ2n) is 6.00. The predicted octanol–water partition coefficient (Wildman–Crippen LogP) is 3.64. The van der Waals surface area contributed by atoms with E-state index in [0.29, 0.717) is 5.82 Å². The van der Waals surface area contributed by atoms with Crippen LogP contribution in [0.3, 0.4) is 0 Å². The minimum Gasteiger partial charge on any atom is -0.305 e. The van der Waals surface area contributed by atoms with Gasteiger partial charge >= 0.3 is 0 Å². The Morgan fingerprint density at radius 2 is 2.12 bits per heavy atom. The zero-order chi connectivity index (χ0) is 17.1. The van der Waals surface area contributed by atoms with Gasteiger partial charge in [0.05, 0.1) is 5.69 Å². The van der Waals surface area contributed by atoms with E-state index in [0.717, 1.165) is 35.8 Å². The smallest absolute Gasteiger partial charge is 0.249 e. The van der Waals surface area contributed by atoms with Crippen LogP contribution in [0.4, 0.5) is 5.82 Å². The van der Waals surface area contributed by atoms with E-state index in [4.69, 9.17) is 0 Å². The number of benzene rings is 1. The Kier molecular flexibility index (Phi) is 4.45. The summed E-state index contributed by atoms with van der Waals surface area (Å²) in [6, 6.07) is 14.3. The molecule has 3 heterocycles. The van der Waals surface area contributed by atoms with Crippen LogP contribution in [0.5, 0.6) is 0 Å². The lowest BCUT2D eigenvalue weighted by molar-refractivity contribution is -0.111. The lowest BCUT2D eigenvalue weighted by atomic mass is 10.2. The summed E-state index contributed by atoms with van der Waals surface area (Å²) in [6.45, 7) is 2.48. The summed E-state index contributed by atoms with van der Waals surface area (Å²) in [4.78, 5) is 15.5. The molecule has 5 nitrogen and oxygen atoms in total. The van der Waals surface area contributed by atoms with Gasteiger partial charge in [-0.15, -0.1) is 11.3 Å². The summed E-state index contributed by atoms with van der Waals surface area (Å²) < 4.78 is 0. The van der Waals surface area contributed by atoms with Gasteiger partial charge in [-0.25, -0.2) is 0 Å². The maximum atomic E-state index is 12.1. The molecule has 2 aromatic heterocycles.